The molecule has 2 N–H and O–H groups in total. The van der Waals surface area contributed by atoms with Crippen molar-refractivity contribution >= 4 is 15.9 Å². The fourth-order valence-corrected chi connectivity index (χ4v) is 4.95. The van der Waals surface area contributed by atoms with Crippen LogP contribution >= 0.6 is 0 Å². The summed E-state index contributed by atoms with van der Waals surface area (Å²) < 4.78 is 53.2. The van der Waals surface area contributed by atoms with Crippen molar-refractivity contribution in [3.8, 4) is 22.3 Å². The summed E-state index contributed by atoms with van der Waals surface area (Å²) in [5, 5.41) is 7.56. The molecule has 0 aliphatic carbocycles. The number of piperazine rings is 1. The molecule has 1 saturated heterocycles. The maximum Gasteiger partial charge on any atom is 0.285 e. The van der Waals surface area contributed by atoms with Crippen LogP contribution in [0.1, 0.15) is 5.56 Å². The molecule has 1 unspecified atom stereocenters. The van der Waals surface area contributed by atoms with Gasteiger partial charge in [0.05, 0.1) is 12.7 Å². The first-order valence-electron chi connectivity index (χ1n) is 11.3. The van der Waals surface area contributed by atoms with Crippen molar-refractivity contribution in [2.75, 3.05) is 39.0 Å². The minimum atomic E-state index is -3.09. The van der Waals surface area contributed by atoms with E-state index in [4.69, 9.17) is 0 Å². The molecule has 1 aliphatic heterocycles. The van der Waals surface area contributed by atoms with Crippen LogP contribution in [0.25, 0.3) is 27.9 Å². The van der Waals surface area contributed by atoms with Crippen LogP contribution in [-0.4, -0.2) is 63.0 Å². The second kappa shape index (κ2) is 9.19. The molecule has 1 aliphatic rings. The predicted molar refractivity (Wildman–Crippen MR) is 132 cm³/mol. The molecule has 0 spiro atoms. The summed E-state index contributed by atoms with van der Waals surface area (Å²) in [5.41, 5.74) is 3.54. The van der Waals surface area contributed by atoms with Gasteiger partial charge in [-0.2, -0.15) is 18.4 Å². The van der Waals surface area contributed by atoms with Crippen molar-refractivity contribution in [3.05, 3.63) is 72.7 Å². The number of rotatable bonds is 6. The Hall–Kier alpha value is -3.05. The number of halogens is 2. The van der Waals surface area contributed by atoms with Crippen molar-refractivity contribution in [2.24, 2.45) is 0 Å². The highest BCUT2D eigenvalue weighted by Crippen LogP contribution is 2.32. The van der Waals surface area contributed by atoms with Gasteiger partial charge in [-0.05, 0) is 17.2 Å². The van der Waals surface area contributed by atoms with E-state index < -0.39 is 16.1 Å². The van der Waals surface area contributed by atoms with Crippen LogP contribution < -0.4 is 5.32 Å². The maximum atomic E-state index is 14.8. The molecule has 2 aromatic carbocycles. The van der Waals surface area contributed by atoms with Crippen LogP contribution in [-0.2, 0) is 20.3 Å². The van der Waals surface area contributed by atoms with E-state index >= 15 is 0 Å². The molecule has 2 aromatic heterocycles. The molecule has 10 heteroatoms. The van der Waals surface area contributed by atoms with Crippen LogP contribution in [0.15, 0.2) is 72.0 Å². The molecule has 1 fully saturated rings. The molecule has 0 saturated carbocycles. The predicted octanol–water partition coefficient (Wildman–Crippen LogP) is 4.02. The molecule has 35 heavy (non-hydrogen) atoms. The summed E-state index contributed by atoms with van der Waals surface area (Å²) in [5.74, 6) is -2.93. The van der Waals surface area contributed by atoms with E-state index in [9.17, 15) is 17.5 Å². The van der Waals surface area contributed by atoms with Crippen LogP contribution in [0.4, 0.5) is 8.78 Å². The minimum absolute atomic E-state index is 0.00790. The highest BCUT2D eigenvalue weighted by Gasteiger charge is 2.34. The van der Waals surface area contributed by atoms with E-state index in [1.54, 1.807) is 58.3 Å². The first kappa shape index (κ1) is 23.7. The third kappa shape index (κ3) is 5.01. The van der Waals surface area contributed by atoms with Gasteiger partial charge < -0.3 is 5.32 Å². The van der Waals surface area contributed by atoms with Gasteiger partial charge in [0.1, 0.15) is 6.26 Å². The lowest BCUT2D eigenvalue weighted by Crippen LogP contribution is -2.47. The molecule has 0 radical (unpaired) electrons. The summed E-state index contributed by atoms with van der Waals surface area (Å²) in [6.07, 6.45) is 6.39. The van der Waals surface area contributed by atoms with Crippen LogP contribution in [0.5, 0.6) is 0 Å². The Labute approximate surface area is 203 Å². The number of hydrogen-bond donors (Lipinski definition) is 2. The molecular formula is C25H26F2N5O2S+. The normalized spacial score (nSPS) is 16.9. The topological polar surface area (TPSA) is 82.8 Å². The van der Waals surface area contributed by atoms with E-state index in [-0.39, 0.29) is 12.1 Å². The smallest absolute Gasteiger partial charge is 0.285 e. The first-order valence-corrected chi connectivity index (χ1v) is 13.2. The second-order valence-corrected chi connectivity index (χ2v) is 10.9. The zero-order valence-electron chi connectivity index (χ0n) is 19.2. The van der Waals surface area contributed by atoms with Crippen LogP contribution in [0.3, 0.4) is 0 Å². The molecule has 0 bridgehead atoms. The fraction of sp³-hybridized carbons (Fsp3) is 0.280. The lowest BCUT2D eigenvalue weighted by Gasteiger charge is -2.30. The maximum absolute atomic E-state index is 14.8. The average Bonchev–Trinajstić information content (AvgIpc) is 3.27. The zero-order valence-corrected chi connectivity index (χ0v) is 20.0. The standard InChI is InChI=1S/C25H25F2N5O2S/c1-35(33,34)22-4-2-3-19(13-22)23-15-30-32-16-20(14-29-24(23)32)18-5-7-21(8-6-18)25(26,27)17-31-11-9-28-10-12-31/h2-8,13-16,28H,9-12,17H2,1H3/p+1. The van der Waals surface area contributed by atoms with E-state index in [0.29, 0.717) is 23.6 Å². The van der Waals surface area contributed by atoms with Gasteiger partial charge in [0.25, 0.3) is 5.92 Å². The largest absolute Gasteiger partial charge is 0.314 e. The molecule has 7 nitrogen and oxygen atoms in total. The highest BCUT2D eigenvalue weighted by atomic mass is 32.3. The van der Waals surface area contributed by atoms with Gasteiger partial charge in [-0.25, -0.2) is 9.50 Å². The summed E-state index contributed by atoms with van der Waals surface area (Å²) in [4.78, 5) is 6.66. The quantitative estimate of drug-likeness (QED) is 0.391. The van der Waals surface area contributed by atoms with Gasteiger partial charge in [0, 0.05) is 61.3 Å². The van der Waals surface area contributed by atoms with Gasteiger partial charge in [0.2, 0.25) is 10.2 Å². The average molecular weight is 499 g/mol. The third-order valence-electron chi connectivity index (χ3n) is 6.21. The van der Waals surface area contributed by atoms with Crippen LogP contribution in [0.2, 0.25) is 0 Å². The molecule has 1 atom stereocenters. The van der Waals surface area contributed by atoms with Gasteiger partial charge in [0.15, 0.2) is 10.5 Å². The number of benzene rings is 2. The number of nitrogens with one attached hydrogen (secondary N) is 1. The Bertz CT molecular complexity index is 1390. The van der Waals surface area contributed by atoms with Crippen molar-refractivity contribution in [1.29, 1.82) is 0 Å². The van der Waals surface area contributed by atoms with Crippen molar-refractivity contribution in [2.45, 2.75) is 10.8 Å². The first-order chi connectivity index (χ1) is 16.7. The van der Waals surface area contributed by atoms with E-state index in [1.165, 1.54) is 18.4 Å². The molecule has 3 heterocycles. The number of alkyl halides is 2. The highest BCUT2D eigenvalue weighted by molar-refractivity contribution is 7.97. The summed E-state index contributed by atoms with van der Waals surface area (Å²) in [7, 11) is -3.09. The molecular weight excluding hydrogens is 472 g/mol. The van der Waals surface area contributed by atoms with E-state index in [0.717, 1.165) is 35.3 Å². The summed E-state index contributed by atoms with van der Waals surface area (Å²) in [6.45, 7) is 2.40. The minimum Gasteiger partial charge on any atom is -0.314 e. The van der Waals surface area contributed by atoms with Gasteiger partial charge in [-0.1, -0.05) is 40.6 Å². The van der Waals surface area contributed by atoms with Gasteiger partial charge in [-0.3, -0.25) is 4.90 Å². The van der Waals surface area contributed by atoms with E-state index in [2.05, 4.69) is 15.4 Å². The Morgan fingerprint density at radius 3 is 2.51 bits per heavy atom. The second-order valence-electron chi connectivity index (χ2n) is 8.81. The Kier molecular flexibility index (Phi) is 6.22. The fourth-order valence-electron chi connectivity index (χ4n) is 4.27. The summed E-state index contributed by atoms with van der Waals surface area (Å²) >= 11 is 0. The van der Waals surface area contributed by atoms with Crippen LogP contribution in [0, 0.1) is 0 Å². The zero-order chi connectivity index (χ0) is 24.6. The Morgan fingerprint density at radius 1 is 1.06 bits per heavy atom. The van der Waals surface area contributed by atoms with Gasteiger partial charge in [-0.15, -0.1) is 0 Å². The monoisotopic (exact) mass is 498 g/mol. The van der Waals surface area contributed by atoms with Crippen molar-refractivity contribution in [3.63, 3.8) is 0 Å². The third-order valence-corrected chi connectivity index (χ3v) is 7.34. The van der Waals surface area contributed by atoms with Gasteiger partial charge >= 0.3 is 0 Å². The SMILES string of the molecule is C[S+](=O)(O)c1cccc(-c2cnn3cc(-c4ccc(C(F)(F)CN5CCNCC5)cc4)cnc23)c1. The lowest BCUT2D eigenvalue weighted by molar-refractivity contribution is -0.0400. The van der Waals surface area contributed by atoms with E-state index in [1.807, 2.05) is 6.07 Å². The number of aromatic nitrogens is 3. The molecule has 4 aromatic rings. The number of nitrogens with zero attached hydrogens (tertiary/aromatic N) is 4. The Balaban J connectivity index is 1.39. The Morgan fingerprint density at radius 2 is 1.80 bits per heavy atom. The molecule has 5 rings (SSSR count). The van der Waals surface area contributed by atoms with Crippen molar-refractivity contribution in [1.82, 2.24) is 24.8 Å². The van der Waals surface area contributed by atoms with Crippen molar-refractivity contribution < 1.29 is 17.5 Å². The molecule has 182 valence electrons. The lowest BCUT2D eigenvalue weighted by atomic mass is 10.0. The number of fused-ring (bicyclic) bond motifs is 1. The number of hydrogen-bond acceptors (Lipinski definition) is 5. The summed E-state index contributed by atoms with van der Waals surface area (Å²) in [6, 6.07) is 13.1. The molecule has 0 amide bonds.